The molecule has 25 heavy (non-hydrogen) atoms. The van der Waals surface area contributed by atoms with E-state index in [4.69, 9.17) is 0 Å². The van der Waals surface area contributed by atoms with Gasteiger partial charge in [-0.3, -0.25) is 14.4 Å². The summed E-state index contributed by atoms with van der Waals surface area (Å²) in [6.07, 6.45) is 0. The first-order valence-electron chi connectivity index (χ1n) is 7.71. The summed E-state index contributed by atoms with van der Waals surface area (Å²) in [5, 5.41) is 11.1. The van der Waals surface area contributed by atoms with Crippen LogP contribution in [0.25, 0.3) is 0 Å². The van der Waals surface area contributed by atoms with Crippen LogP contribution in [0.4, 0.5) is 11.4 Å². The SMILES string of the molecule is Cc1c([N+](=O)[O-])cccc1S(=O)(=O)N(CCN(C)C)c1ccccc1. The molecule has 0 fully saturated rings. The lowest BCUT2D eigenvalue weighted by Gasteiger charge is -2.26. The summed E-state index contributed by atoms with van der Waals surface area (Å²) in [6, 6.07) is 12.8. The fraction of sp³-hybridized carbons (Fsp3) is 0.294. The molecule has 0 aromatic heterocycles. The Morgan fingerprint density at radius 3 is 2.20 bits per heavy atom. The van der Waals surface area contributed by atoms with Gasteiger partial charge >= 0.3 is 0 Å². The maximum atomic E-state index is 13.2. The first-order valence-corrected chi connectivity index (χ1v) is 9.15. The van der Waals surface area contributed by atoms with E-state index >= 15 is 0 Å². The number of rotatable bonds is 7. The van der Waals surface area contributed by atoms with Crippen molar-refractivity contribution < 1.29 is 13.3 Å². The van der Waals surface area contributed by atoms with Crippen LogP contribution in [-0.4, -0.2) is 45.4 Å². The predicted octanol–water partition coefficient (Wildman–Crippen LogP) is 2.66. The van der Waals surface area contributed by atoms with Crippen molar-refractivity contribution in [3.63, 3.8) is 0 Å². The van der Waals surface area contributed by atoms with Gasteiger partial charge < -0.3 is 4.90 Å². The van der Waals surface area contributed by atoms with Gasteiger partial charge in [0.05, 0.1) is 15.5 Å². The van der Waals surface area contributed by atoms with Crippen LogP contribution in [0.15, 0.2) is 53.4 Å². The van der Waals surface area contributed by atoms with Gasteiger partial charge in [-0.15, -0.1) is 0 Å². The van der Waals surface area contributed by atoms with E-state index in [1.165, 1.54) is 29.4 Å². The van der Waals surface area contributed by atoms with Crippen molar-refractivity contribution in [2.45, 2.75) is 11.8 Å². The molecular weight excluding hydrogens is 342 g/mol. The molecule has 0 aliphatic rings. The number of nitro benzene ring substituents is 1. The maximum Gasteiger partial charge on any atom is 0.273 e. The van der Waals surface area contributed by atoms with Gasteiger partial charge in [-0.1, -0.05) is 24.3 Å². The van der Waals surface area contributed by atoms with E-state index in [0.717, 1.165) is 0 Å². The van der Waals surface area contributed by atoms with Gasteiger partial charge in [0.2, 0.25) is 0 Å². The zero-order valence-corrected chi connectivity index (χ0v) is 15.2. The summed E-state index contributed by atoms with van der Waals surface area (Å²) < 4.78 is 27.7. The lowest BCUT2D eigenvalue weighted by molar-refractivity contribution is -0.385. The fourth-order valence-electron chi connectivity index (χ4n) is 2.47. The Morgan fingerprint density at radius 2 is 1.64 bits per heavy atom. The molecule has 0 heterocycles. The first kappa shape index (κ1) is 18.9. The van der Waals surface area contributed by atoms with Crippen LogP contribution < -0.4 is 4.31 Å². The third kappa shape index (κ3) is 4.15. The van der Waals surface area contributed by atoms with Crippen molar-refractivity contribution in [3.8, 4) is 0 Å². The molecule has 0 saturated heterocycles. The summed E-state index contributed by atoms with van der Waals surface area (Å²) in [5.74, 6) is 0. The lowest BCUT2D eigenvalue weighted by Crippen LogP contribution is -2.37. The van der Waals surface area contributed by atoms with E-state index in [9.17, 15) is 18.5 Å². The van der Waals surface area contributed by atoms with Crippen molar-refractivity contribution in [3.05, 3.63) is 64.2 Å². The van der Waals surface area contributed by atoms with Crippen LogP contribution in [0.3, 0.4) is 0 Å². The van der Waals surface area contributed by atoms with Crippen LogP contribution in [-0.2, 0) is 10.0 Å². The molecule has 0 radical (unpaired) electrons. The van der Waals surface area contributed by atoms with Crippen molar-refractivity contribution in [2.75, 3.05) is 31.5 Å². The van der Waals surface area contributed by atoms with Crippen LogP contribution >= 0.6 is 0 Å². The molecule has 134 valence electrons. The molecule has 2 aromatic rings. The van der Waals surface area contributed by atoms with E-state index < -0.39 is 14.9 Å². The highest BCUT2D eigenvalue weighted by Crippen LogP contribution is 2.29. The fourth-order valence-corrected chi connectivity index (χ4v) is 4.17. The number of nitrogens with zero attached hydrogens (tertiary/aromatic N) is 3. The Balaban J connectivity index is 2.56. The molecule has 0 unspecified atom stereocenters. The first-order chi connectivity index (χ1) is 11.7. The Hall–Kier alpha value is -2.45. The van der Waals surface area contributed by atoms with Crippen LogP contribution in [0.5, 0.6) is 0 Å². The number of hydrogen-bond acceptors (Lipinski definition) is 5. The summed E-state index contributed by atoms with van der Waals surface area (Å²) in [5.41, 5.74) is 0.454. The highest BCUT2D eigenvalue weighted by molar-refractivity contribution is 7.92. The van der Waals surface area contributed by atoms with Crippen molar-refractivity contribution >= 4 is 21.4 Å². The van der Waals surface area contributed by atoms with E-state index in [1.54, 1.807) is 30.3 Å². The summed E-state index contributed by atoms with van der Waals surface area (Å²) in [4.78, 5) is 12.4. The number of anilines is 1. The number of benzene rings is 2. The normalized spacial score (nSPS) is 11.5. The topological polar surface area (TPSA) is 83.8 Å². The Kier molecular flexibility index (Phi) is 5.76. The van der Waals surface area contributed by atoms with Crippen molar-refractivity contribution in [1.29, 1.82) is 0 Å². The van der Waals surface area contributed by atoms with Crippen LogP contribution in [0.2, 0.25) is 0 Å². The van der Waals surface area contributed by atoms with E-state index in [0.29, 0.717) is 12.2 Å². The number of sulfonamides is 1. The standard InChI is InChI=1S/C17H21N3O4S/c1-14-16(20(21)22)10-7-11-17(14)25(23,24)19(13-12-18(2)3)15-8-5-4-6-9-15/h4-11H,12-13H2,1-3H3. The molecule has 0 saturated carbocycles. The van der Waals surface area contributed by atoms with Gasteiger partial charge in [-0.2, -0.15) is 0 Å². The molecule has 2 rings (SSSR count). The molecule has 0 atom stereocenters. The maximum absolute atomic E-state index is 13.2. The van der Waals surface area contributed by atoms with Crippen molar-refractivity contribution in [2.24, 2.45) is 0 Å². The summed E-state index contributed by atoms with van der Waals surface area (Å²) in [7, 11) is -0.223. The van der Waals surface area contributed by atoms with E-state index in [-0.39, 0.29) is 22.7 Å². The quantitative estimate of drug-likeness (QED) is 0.558. The summed E-state index contributed by atoms with van der Waals surface area (Å²) in [6.45, 7) is 2.21. The van der Waals surface area contributed by atoms with E-state index in [2.05, 4.69) is 0 Å². The summed E-state index contributed by atoms with van der Waals surface area (Å²) >= 11 is 0. The zero-order chi connectivity index (χ0) is 18.6. The predicted molar refractivity (Wildman–Crippen MR) is 97.4 cm³/mol. The number of nitro groups is 1. The molecule has 0 amide bonds. The van der Waals surface area contributed by atoms with Crippen LogP contribution in [0, 0.1) is 17.0 Å². The Labute approximate surface area is 147 Å². The third-order valence-corrected chi connectivity index (χ3v) is 5.79. The molecule has 0 aliphatic heterocycles. The van der Waals surface area contributed by atoms with Crippen molar-refractivity contribution in [1.82, 2.24) is 4.90 Å². The Bertz CT molecular complexity index is 851. The largest absolute Gasteiger partial charge is 0.308 e. The van der Waals surface area contributed by atoms with E-state index in [1.807, 2.05) is 19.0 Å². The second kappa shape index (κ2) is 7.62. The molecule has 2 aromatic carbocycles. The zero-order valence-electron chi connectivity index (χ0n) is 14.4. The molecule has 0 bridgehead atoms. The highest BCUT2D eigenvalue weighted by Gasteiger charge is 2.29. The average Bonchev–Trinajstić information content (AvgIpc) is 2.55. The molecular formula is C17H21N3O4S. The minimum Gasteiger partial charge on any atom is -0.308 e. The molecule has 7 nitrogen and oxygen atoms in total. The third-order valence-electron chi connectivity index (χ3n) is 3.81. The molecule has 0 spiro atoms. The van der Waals surface area contributed by atoms with Gasteiger partial charge in [-0.25, -0.2) is 8.42 Å². The second-order valence-electron chi connectivity index (χ2n) is 5.87. The average molecular weight is 363 g/mol. The smallest absolute Gasteiger partial charge is 0.273 e. The molecule has 0 aliphatic carbocycles. The van der Waals surface area contributed by atoms with Gasteiger partial charge in [-0.05, 0) is 39.2 Å². The highest BCUT2D eigenvalue weighted by atomic mass is 32.2. The number of hydrogen-bond donors (Lipinski definition) is 0. The van der Waals surface area contributed by atoms with Gasteiger partial charge in [0.15, 0.2) is 0 Å². The van der Waals surface area contributed by atoms with Gasteiger partial charge in [0.1, 0.15) is 0 Å². The monoisotopic (exact) mass is 363 g/mol. The number of likely N-dealkylation sites (N-methyl/N-ethyl adjacent to an activating group) is 1. The molecule has 0 N–H and O–H groups in total. The van der Waals surface area contributed by atoms with Crippen LogP contribution in [0.1, 0.15) is 5.56 Å². The minimum absolute atomic E-state index is 0.0516. The van der Waals surface area contributed by atoms with Gasteiger partial charge in [0, 0.05) is 24.7 Å². The minimum atomic E-state index is -3.93. The lowest BCUT2D eigenvalue weighted by atomic mass is 10.2. The Morgan fingerprint density at radius 1 is 1.00 bits per heavy atom. The van der Waals surface area contributed by atoms with Gasteiger partial charge in [0.25, 0.3) is 15.7 Å². The second-order valence-corrected chi connectivity index (χ2v) is 7.70. The molecule has 8 heteroatoms. The number of para-hydroxylation sites is 1.